The first-order valence-electron chi connectivity index (χ1n) is 1.65. The first-order valence-corrected chi connectivity index (χ1v) is 1.65. The van der Waals surface area contributed by atoms with Crippen LogP contribution in [0.25, 0.3) is 0 Å². The van der Waals surface area contributed by atoms with Gasteiger partial charge in [-0.2, -0.15) is 8.78 Å². The largest absolute Gasteiger partial charge is 0.250 e. The highest BCUT2D eigenvalue weighted by atomic mass is 19.1. The van der Waals surface area contributed by atoms with Crippen LogP contribution >= 0.6 is 0 Å². The summed E-state index contributed by atoms with van der Waals surface area (Å²) in [5.74, 6) is -1.57. The Bertz CT molecular complexity index is 143. The molecule has 4 heteroatoms. The zero-order valence-corrected chi connectivity index (χ0v) is 3.28. The Morgan fingerprint density at radius 3 is 2.43 bits per heavy atom. The lowest BCUT2D eigenvalue weighted by molar-refractivity contribution is 0.572. The van der Waals surface area contributed by atoms with E-state index in [4.69, 9.17) is 0 Å². The molecule has 1 heterocycles. The smallest absolute Gasteiger partial charge is 0.235 e. The fourth-order valence-electron chi connectivity index (χ4n) is 0.276. The summed E-state index contributed by atoms with van der Waals surface area (Å²) in [6, 6.07) is 0.667. The SMILES string of the molecule is Fc1cc(F)[nH]n1. The van der Waals surface area contributed by atoms with Gasteiger partial charge < -0.3 is 0 Å². The van der Waals surface area contributed by atoms with E-state index in [1.807, 2.05) is 0 Å². The molecule has 0 aliphatic carbocycles. The van der Waals surface area contributed by atoms with Crippen molar-refractivity contribution in [3.05, 3.63) is 18.0 Å². The van der Waals surface area contributed by atoms with Crippen LogP contribution in [0.4, 0.5) is 8.78 Å². The maximum atomic E-state index is 11.6. The maximum Gasteiger partial charge on any atom is 0.235 e. The molecule has 0 atom stereocenters. The van der Waals surface area contributed by atoms with Gasteiger partial charge in [-0.3, -0.25) is 5.10 Å². The molecule has 0 radical (unpaired) electrons. The Kier molecular flexibility index (Phi) is 0.780. The molecule has 1 N–H and O–H groups in total. The quantitative estimate of drug-likeness (QED) is 0.515. The van der Waals surface area contributed by atoms with E-state index in [1.54, 1.807) is 5.10 Å². The summed E-state index contributed by atoms with van der Waals surface area (Å²) in [7, 11) is 0. The number of hydrogen-bond acceptors (Lipinski definition) is 1. The third-order valence-electron chi connectivity index (χ3n) is 0.515. The maximum absolute atomic E-state index is 11.6. The van der Waals surface area contributed by atoms with Crippen molar-refractivity contribution in [1.82, 2.24) is 10.2 Å². The molecule has 0 aromatic carbocycles. The van der Waals surface area contributed by atoms with Crippen molar-refractivity contribution in [2.45, 2.75) is 0 Å². The molecule has 0 spiro atoms. The van der Waals surface area contributed by atoms with Crippen LogP contribution in [0.15, 0.2) is 6.07 Å². The van der Waals surface area contributed by atoms with Crippen molar-refractivity contribution >= 4 is 0 Å². The van der Waals surface area contributed by atoms with Gasteiger partial charge >= 0.3 is 0 Å². The first-order chi connectivity index (χ1) is 3.29. The van der Waals surface area contributed by atoms with E-state index in [9.17, 15) is 8.78 Å². The van der Waals surface area contributed by atoms with E-state index >= 15 is 0 Å². The molecule has 1 rings (SSSR count). The van der Waals surface area contributed by atoms with Crippen LogP contribution in [-0.2, 0) is 0 Å². The molecule has 0 bridgehead atoms. The number of aromatic nitrogens is 2. The second-order valence-electron chi connectivity index (χ2n) is 1.04. The van der Waals surface area contributed by atoms with Gasteiger partial charge in [0.2, 0.25) is 11.9 Å². The number of rotatable bonds is 0. The molecule has 0 amide bonds. The second-order valence-corrected chi connectivity index (χ2v) is 1.04. The molecule has 0 aliphatic heterocycles. The summed E-state index contributed by atoms with van der Waals surface area (Å²) in [4.78, 5) is 0. The average molecular weight is 104 g/mol. The number of nitrogens with zero attached hydrogens (tertiary/aromatic N) is 1. The van der Waals surface area contributed by atoms with Gasteiger partial charge in [-0.1, -0.05) is 0 Å². The van der Waals surface area contributed by atoms with Crippen molar-refractivity contribution in [1.29, 1.82) is 0 Å². The summed E-state index contributed by atoms with van der Waals surface area (Å²) >= 11 is 0. The van der Waals surface area contributed by atoms with Gasteiger partial charge in [-0.05, 0) is 0 Å². The van der Waals surface area contributed by atoms with Gasteiger partial charge in [0.05, 0.1) is 0 Å². The molecule has 1 aromatic rings. The van der Waals surface area contributed by atoms with Gasteiger partial charge in [0.15, 0.2) is 0 Å². The van der Waals surface area contributed by atoms with Crippen LogP contribution in [0, 0.1) is 11.9 Å². The molecule has 0 aliphatic rings. The fourth-order valence-corrected chi connectivity index (χ4v) is 0.276. The summed E-state index contributed by atoms with van der Waals surface area (Å²) in [5.41, 5.74) is 0. The molecular formula is C3H2F2N2. The number of H-pyrrole nitrogens is 1. The number of halogens is 2. The van der Waals surface area contributed by atoms with Crippen molar-refractivity contribution in [3.8, 4) is 0 Å². The summed E-state index contributed by atoms with van der Waals surface area (Å²) in [6.45, 7) is 0. The molecule has 38 valence electrons. The predicted molar refractivity (Wildman–Crippen MR) is 18.5 cm³/mol. The van der Waals surface area contributed by atoms with E-state index < -0.39 is 11.9 Å². The highest BCUT2D eigenvalue weighted by Crippen LogP contribution is 1.91. The van der Waals surface area contributed by atoms with E-state index in [0.717, 1.165) is 0 Å². The van der Waals surface area contributed by atoms with Crippen LogP contribution in [0.5, 0.6) is 0 Å². The summed E-state index contributed by atoms with van der Waals surface area (Å²) < 4.78 is 23.1. The van der Waals surface area contributed by atoms with Crippen LogP contribution in [0.2, 0.25) is 0 Å². The number of nitrogens with one attached hydrogen (secondary N) is 1. The molecule has 2 nitrogen and oxygen atoms in total. The monoisotopic (exact) mass is 104 g/mol. The van der Waals surface area contributed by atoms with Crippen LogP contribution in [0.3, 0.4) is 0 Å². The van der Waals surface area contributed by atoms with Crippen LogP contribution < -0.4 is 0 Å². The normalized spacial score (nSPS) is 9.43. The van der Waals surface area contributed by atoms with E-state index in [-0.39, 0.29) is 0 Å². The van der Waals surface area contributed by atoms with Gasteiger partial charge in [0.1, 0.15) is 0 Å². The van der Waals surface area contributed by atoms with E-state index in [1.165, 1.54) is 0 Å². The molecule has 0 fully saturated rings. The van der Waals surface area contributed by atoms with Crippen LogP contribution in [-0.4, -0.2) is 10.2 Å². The zero-order chi connectivity index (χ0) is 5.28. The minimum absolute atomic E-state index is 0.667. The lowest BCUT2D eigenvalue weighted by atomic mass is 10.7. The topological polar surface area (TPSA) is 28.7 Å². The lowest BCUT2D eigenvalue weighted by Gasteiger charge is -1.62. The highest BCUT2D eigenvalue weighted by molar-refractivity contribution is 4.81. The Morgan fingerprint density at radius 2 is 2.29 bits per heavy atom. The predicted octanol–water partition coefficient (Wildman–Crippen LogP) is 0.688. The highest BCUT2D eigenvalue weighted by Gasteiger charge is 1.93. The molecule has 7 heavy (non-hydrogen) atoms. The average Bonchev–Trinajstić information content (AvgIpc) is 1.87. The van der Waals surface area contributed by atoms with Gasteiger partial charge in [-0.15, -0.1) is 5.10 Å². The van der Waals surface area contributed by atoms with Gasteiger partial charge in [-0.25, -0.2) is 0 Å². The molecule has 0 saturated heterocycles. The summed E-state index contributed by atoms with van der Waals surface area (Å²) in [6.07, 6.45) is 0. The fraction of sp³-hybridized carbons (Fsp3) is 0. The minimum Gasteiger partial charge on any atom is -0.250 e. The first kappa shape index (κ1) is 4.23. The molecule has 1 aromatic heterocycles. The zero-order valence-electron chi connectivity index (χ0n) is 3.28. The molecule has 0 saturated carbocycles. The Balaban J connectivity index is 3.04. The summed E-state index contributed by atoms with van der Waals surface area (Å²) in [5, 5.41) is 4.63. The molecule has 0 unspecified atom stereocenters. The minimum atomic E-state index is -0.822. The van der Waals surface area contributed by atoms with Gasteiger partial charge in [0.25, 0.3) is 0 Å². The van der Waals surface area contributed by atoms with Crippen molar-refractivity contribution in [3.63, 3.8) is 0 Å². The number of hydrogen-bond donors (Lipinski definition) is 1. The Morgan fingerprint density at radius 1 is 1.57 bits per heavy atom. The second kappa shape index (κ2) is 1.29. The third-order valence-corrected chi connectivity index (χ3v) is 0.515. The standard InChI is InChI=1S/C3H2F2N2/c4-2-1-3(5)7-6-2/h1H,(H,6,7). The van der Waals surface area contributed by atoms with Crippen molar-refractivity contribution < 1.29 is 8.78 Å². The van der Waals surface area contributed by atoms with E-state index in [2.05, 4.69) is 5.10 Å². The Hall–Kier alpha value is -0.930. The number of aromatic amines is 1. The van der Waals surface area contributed by atoms with Gasteiger partial charge in [0, 0.05) is 6.07 Å². The molecular weight excluding hydrogens is 102 g/mol. The Labute approximate surface area is 38.2 Å². The van der Waals surface area contributed by atoms with E-state index in [0.29, 0.717) is 6.07 Å². The van der Waals surface area contributed by atoms with Crippen molar-refractivity contribution in [2.24, 2.45) is 0 Å². The lowest BCUT2D eigenvalue weighted by Crippen LogP contribution is -1.69. The van der Waals surface area contributed by atoms with Crippen LogP contribution in [0.1, 0.15) is 0 Å². The third kappa shape index (κ3) is 0.734. The van der Waals surface area contributed by atoms with Crippen molar-refractivity contribution in [2.75, 3.05) is 0 Å².